The summed E-state index contributed by atoms with van der Waals surface area (Å²) in [5.41, 5.74) is 5.39. The number of anilines is 1. The minimum absolute atomic E-state index is 0.0612. The lowest BCUT2D eigenvalue weighted by Gasteiger charge is -2.10. The van der Waals surface area contributed by atoms with Crippen LogP contribution in [-0.4, -0.2) is 54.2 Å². The summed E-state index contributed by atoms with van der Waals surface area (Å²) >= 11 is 0. The molecule has 6 N–H and O–H groups in total. The fourth-order valence-electron chi connectivity index (χ4n) is 3.67. The van der Waals surface area contributed by atoms with Crippen molar-refractivity contribution in [3.8, 4) is 11.4 Å². The van der Waals surface area contributed by atoms with Crippen molar-refractivity contribution in [3.63, 3.8) is 0 Å². The zero-order chi connectivity index (χ0) is 25.0. The molecule has 0 aliphatic rings. The third-order valence-electron chi connectivity index (χ3n) is 5.51. The number of nitro benzene ring substituents is 1. The first-order valence-electron chi connectivity index (χ1n) is 11.8. The first-order valence-corrected chi connectivity index (χ1v) is 11.8. The van der Waals surface area contributed by atoms with Gasteiger partial charge in [0.1, 0.15) is 11.6 Å². The van der Waals surface area contributed by atoms with Gasteiger partial charge in [-0.05, 0) is 76.6 Å². The molecule has 1 heterocycles. The molecule has 0 amide bonds. The van der Waals surface area contributed by atoms with E-state index in [4.69, 9.17) is 5.73 Å². The quantitative estimate of drug-likeness (QED) is 0.125. The Morgan fingerprint density at radius 2 is 1.69 bits per heavy atom. The lowest BCUT2D eigenvalue weighted by molar-refractivity contribution is -0.384. The summed E-state index contributed by atoms with van der Waals surface area (Å²) < 4.78 is 14.6. The molecule has 188 valence electrons. The van der Waals surface area contributed by atoms with Crippen LogP contribution >= 0.6 is 0 Å². The number of halogens is 1. The summed E-state index contributed by atoms with van der Waals surface area (Å²) in [7, 11) is 0. The molecule has 11 heteroatoms. The molecule has 0 radical (unpaired) electrons. The molecular formula is C24H32FN7O3. The zero-order valence-corrected chi connectivity index (χ0v) is 19.6. The summed E-state index contributed by atoms with van der Waals surface area (Å²) in [6, 6.07) is 8.60. The maximum absolute atomic E-state index is 14.6. The van der Waals surface area contributed by atoms with Crippen molar-refractivity contribution in [2.45, 2.75) is 25.7 Å². The number of aromatic nitrogens is 2. The van der Waals surface area contributed by atoms with Crippen LogP contribution in [0.5, 0.6) is 0 Å². The van der Waals surface area contributed by atoms with Crippen LogP contribution in [0.1, 0.15) is 25.7 Å². The Kier molecular flexibility index (Phi) is 10.1. The number of H-pyrrole nitrogens is 1. The van der Waals surface area contributed by atoms with Crippen LogP contribution < -0.4 is 27.2 Å². The van der Waals surface area contributed by atoms with Crippen LogP contribution in [0.2, 0.25) is 0 Å². The number of unbranched alkanes of at least 4 members (excludes halogenated alkanes) is 1. The van der Waals surface area contributed by atoms with Gasteiger partial charge in [0.15, 0.2) is 0 Å². The fraction of sp³-hybridized carbons (Fsp3) is 0.417. The molecule has 0 aliphatic heterocycles. The average molecular weight is 486 g/mol. The van der Waals surface area contributed by atoms with E-state index >= 15 is 0 Å². The van der Waals surface area contributed by atoms with E-state index in [1.807, 2.05) is 0 Å². The number of fused-ring (bicyclic) bond motifs is 1. The molecule has 35 heavy (non-hydrogen) atoms. The Morgan fingerprint density at radius 1 is 1.00 bits per heavy atom. The van der Waals surface area contributed by atoms with Crippen LogP contribution in [0.15, 0.2) is 41.2 Å². The minimum Gasteiger partial charge on any atom is -0.383 e. The molecule has 0 atom stereocenters. The maximum Gasteiger partial charge on any atom is 0.280 e. The lowest BCUT2D eigenvalue weighted by atomic mass is 10.1. The van der Waals surface area contributed by atoms with Gasteiger partial charge in [0, 0.05) is 12.6 Å². The van der Waals surface area contributed by atoms with E-state index in [-0.39, 0.29) is 33.7 Å². The summed E-state index contributed by atoms with van der Waals surface area (Å²) in [6.07, 6.45) is 3.95. The Morgan fingerprint density at radius 3 is 2.40 bits per heavy atom. The number of hydrogen-bond acceptors (Lipinski definition) is 8. The molecule has 0 spiro atoms. The van der Waals surface area contributed by atoms with E-state index in [2.05, 4.69) is 25.9 Å². The minimum atomic E-state index is -0.563. The van der Waals surface area contributed by atoms with Gasteiger partial charge in [-0.15, -0.1) is 0 Å². The Labute approximate surface area is 202 Å². The molecule has 0 saturated heterocycles. The summed E-state index contributed by atoms with van der Waals surface area (Å²) in [6.45, 7) is 4.90. The highest BCUT2D eigenvalue weighted by Gasteiger charge is 2.18. The number of rotatable bonds is 15. The second kappa shape index (κ2) is 13.5. The van der Waals surface area contributed by atoms with E-state index in [0.29, 0.717) is 13.1 Å². The number of aromatic amines is 1. The van der Waals surface area contributed by atoms with Crippen LogP contribution in [0, 0.1) is 15.9 Å². The SMILES string of the molecule is NCCCNCCCCNCCCNc1cc2nc(-c3ccccc3[N+](=O)[O-])[nH]c(=O)c2cc1F. The molecule has 0 saturated carbocycles. The van der Waals surface area contributed by atoms with Crippen molar-refractivity contribution >= 4 is 22.3 Å². The van der Waals surface area contributed by atoms with Crippen LogP contribution in [0.25, 0.3) is 22.3 Å². The number of nitrogens with zero attached hydrogens (tertiary/aromatic N) is 2. The van der Waals surface area contributed by atoms with Gasteiger partial charge < -0.3 is 26.7 Å². The molecule has 3 rings (SSSR count). The van der Waals surface area contributed by atoms with Gasteiger partial charge in [0.05, 0.1) is 27.1 Å². The van der Waals surface area contributed by atoms with Gasteiger partial charge in [-0.25, -0.2) is 9.37 Å². The van der Waals surface area contributed by atoms with Crippen molar-refractivity contribution in [1.29, 1.82) is 0 Å². The predicted octanol–water partition coefficient (Wildman–Crippen LogP) is 2.75. The van der Waals surface area contributed by atoms with Gasteiger partial charge >= 0.3 is 0 Å². The molecule has 1 aromatic heterocycles. The number of nitro groups is 1. The largest absolute Gasteiger partial charge is 0.383 e. The normalized spacial score (nSPS) is 11.1. The summed E-state index contributed by atoms with van der Waals surface area (Å²) in [5.74, 6) is -0.496. The number of benzene rings is 2. The maximum atomic E-state index is 14.6. The molecule has 0 aliphatic carbocycles. The van der Waals surface area contributed by atoms with Gasteiger partial charge in [-0.1, -0.05) is 12.1 Å². The molecule has 10 nitrogen and oxygen atoms in total. The average Bonchev–Trinajstić information content (AvgIpc) is 2.85. The predicted molar refractivity (Wildman–Crippen MR) is 136 cm³/mol. The molecule has 2 aromatic carbocycles. The van der Waals surface area contributed by atoms with E-state index in [9.17, 15) is 19.3 Å². The molecule has 0 fully saturated rings. The Hall–Kier alpha value is -3.41. The van der Waals surface area contributed by atoms with Crippen molar-refractivity contribution in [2.24, 2.45) is 5.73 Å². The van der Waals surface area contributed by atoms with Gasteiger partial charge in [0.2, 0.25) is 0 Å². The van der Waals surface area contributed by atoms with Crippen LogP contribution in [0.3, 0.4) is 0 Å². The smallest absolute Gasteiger partial charge is 0.280 e. The van der Waals surface area contributed by atoms with Gasteiger partial charge in [-0.2, -0.15) is 0 Å². The highest BCUT2D eigenvalue weighted by atomic mass is 19.1. The molecular weight excluding hydrogens is 453 g/mol. The van der Waals surface area contributed by atoms with Gasteiger partial charge in [0.25, 0.3) is 11.2 Å². The van der Waals surface area contributed by atoms with Crippen LogP contribution in [0.4, 0.5) is 15.8 Å². The highest BCUT2D eigenvalue weighted by molar-refractivity contribution is 5.84. The monoisotopic (exact) mass is 485 g/mol. The number of nitrogens with two attached hydrogens (primary N) is 1. The molecule has 3 aromatic rings. The van der Waals surface area contributed by atoms with E-state index in [1.54, 1.807) is 6.07 Å². The zero-order valence-electron chi connectivity index (χ0n) is 19.6. The van der Waals surface area contributed by atoms with E-state index in [0.717, 1.165) is 57.9 Å². The second-order valence-electron chi connectivity index (χ2n) is 8.17. The van der Waals surface area contributed by atoms with E-state index in [1.165, 1.54) is 24.3 Å². The van der Waals surface area contributed by atoms with Crippen molar-refractivity contribution in [1.82, 2.24) is 20.6 Å². The third kappa shape index (κ3) is 7.54. The van der Waals surface area contributed by atoms with Crippen molar-refractivity contribution in [2.75, 3.05) is 44.6 Å². The highest BCUT2D eigenvalue weighted by Crippen LogP contribution is 2.28. The van der Waals surface area contributed by atoms with Crippen LogP contribution in [-0.2, 0) is 0 Å². The lowest BCUT2D eigenvalue weighted by Crippen LogP contribution is -2.22. The van der Waals surface area contributed by atoms with Crippen molar-refractivity contribution < 1.29 is 9.31 Å². The standard InChI is InChI=1S/C24H32FN7O3/c25-19-15-18-20(30-23(31-24(18)33)17-7-1-2-8-22(17)32(34)35)16-21(19)29-14-6-13-28-11-4-3-10-27-12-5-9-26/h1-2,7-8,15-16,27-29H,3-6,9-14,26H2,(H,30,31,33). The first kappa shape index (κ1) is 26.2. The van der Waals surface area contributed by atoms with E-state index < -0.39 is 16.3 Å². The Balaban J connectivity index is 1.55. The van der Waals surface area contributed by atoms with Gasteiger partial charge in [-0.3, -0.25) is 14.9 Å². The number of nitrogens with one attached hydrogen (secondary N) is 4. The number of para-hydroxylation sites is 1. The molecule has 0 bridgehead atoms. The number of hydrogen-bond donors (Lipinski definition) is 5. The first-order chi connectivity index (χ1) is 17.0. The second-order valence-corrected chi connectivity index (χ2v) is 8.17. The third-order valence-corrected chi connectivity index (χ3v) is 5.51. The summed E-state index contributed by atoms with van der Waals surface area (Å²) in [5, 5.41) is 21.2. The Bertz CT molecular complexity index is 1190. The topological polar surface area (TPSA) is 151 Å². The summed E-state index contributed by atoms with van der Waals surface area (Å²) in [4.78, 5) is 30.2. The molecule has 0 unspecified atom stereocenters. The van der Waals surface area contributed by atoms with Crippen molar-refractivity contribution in [3.05, 3.63) is 62.7 Å². The fourth-order valence-corrected chi connectivity index (χ4v) is 3.67.